The molecule has 0 spiro atoms. The number of fused-ring (bicyclic) bond motifs is 1. The highest BCUT2D eigenvalue weighted by Crippen LogP contribution is 2.41. The second-order valence-corrected chi connectivity index (χ2v) is 8.73. The molecule has 1 amide bonds. The van der Waals surface area contributed by atoms with Crippen molar-refractivity contribution in [1.82, 2.24) is 10.1 Å². The fourth-order valence-electron chi connectivity index (χ4n) is 3.94. The summed E-state index contributed by atoms with van der Waals surface area (Å²) in [6.07, 6.45) is 3.20. The zero-order valence-corrected chi connectivity index (χ0v) is 17.9. The van der Waals surface area contributed by atoms with Gasteiger partial charge in [-0.1, -0.05) is 37.1 Å². The molecule has 158 valence electrons. The highest BCUT2D eigenvalue weighted by molar-refractivity contribution is 7.18. The number of aryl methyl sites for hydroxylation is 1. The van der Waals surface area contributed by atoms with Crippen LogP contribution in [0.2, 0.25) is 0 Å². The van der Waals surface area contributed by atoms with Gasteiger partial charge in [-0.05, 0) is 38.3 Å². The Bertz CT molecular complexity index is 1010. The molecule has 7 nitrogen and oxygen atoms in total. The summed E-state index contributed by atoms with van der Waals surface area (Å²) in [5.41, 5.74) is 0.962. The first-order valence-electron chi connectivity index (χ1n) is 10.3. The number of nitrogens with zero attached hydrogens (tertiary/aromatic N) is 2. The summed E-state index contributed by atoms with van der Waals surface area (Å²) in [4.78, 5) is 30.4. The van der Waals surface area contributed by atoms with Crippen molar-refractivity contribution in [2.45, 2.75) is 58.0 Å². The number of carbonyl (C=O) groups excluding carboxylic acids is 2. The van der Waals surface area contributed by atoms with Crippen LogP contribution in [-0.4, -0.2) is 28.1 Å². The number of benzene rings is 1. The van der Waals surface area contributed by atoms with Gasteiger partial charge in [0.05, 0.1) is 21.1 Å². The van der Waals surface area contributed by atoms with Crippen LogP contribution in [0.15, 0.2) is 34.9 Å². The second-order valence-electron chi connectivity index (χ2n) is 7.66. The first-order valence-corrected chi connectivity index (χ1v) is 11.2. The molecule has 8 heteroatoms. The lowest BCUT2D eigenvalue weighted by atomic mass is 9.79. The van der Waals surface area contributed by atoms with E-state index >= 15 is 0 Å². The molecule has 3 aromatic rings. The minimum absolute atomic E-state index is 0.0300. The quantitative estimate of drug-likeness (QED) is 0.567. The van der Waals surface area contributed by atoms with Crippen LogP contribution in [0.1, 0.15) is 55.7 Å². The van der Waals surface area contributed by atoms with Crippen LogP contribution in [-0.2, 0) is 14.3 Å². The predicted octanol–water partition coefficient (Wildman–Crippen LogP) is 4.83. The predicted molar refractivity (Wildman–Crippen MR) is 114 cm³/mol. The minimum Gasteiger partial charge on any atom is -0.452 e. The normalized spacial score (nSPS) is 20.1. The molecule has 1 fully saturated rings. The number of hydrogen-bond donors (Lipinski definition) is 1. The molecule has 3 unspecified atom stereocenters. The topological polar surface area (TPSA) is 94.3 Å². The zero-order chi connectivity index (χ0) is 21.1. The van der Waals surface area contributed by atoms with Gasteiger partial charge in [0.15, 0.2) is 11.9 Å². The Morgan fingerprint density at radius 1 is 1.30 bits per heavy atom. The van der Waals surface area contributed by atoms with Crippen molar-refractivity contribution in [3.63, 3.8) is 0 Å². The van der Waals surface area contributed by atoms with Crippen molar-refractivity contribution < 1.29 is 18.8 Å². The van der Waals surface area contributed by atoms with Crippen LogP contribution >= 0.6 is 11.3 Å². The van der Waals surface area contributed by atoms with Gasteiger partial charge in [-0.3, -0.25) is 9.59 Å². The van der Waals surface area contributed by atoms with Gasteiger partial charge in [-0.25, -0.2) is 4.98 Å². The average molecular weight is 428 g/mol. The summed E-state index contributed by atoms with van der Waals surface area (Å²) in [5.74, 6) is -0.0603. The molecule has 3 atom stereocenters. The van der Waals surface area contributed by atoms with Crippen molar-refractivity contribution in [2.24, 2.45) is 5.92 Å². The first kappa shape index (κ1) is 20.5. The lowest BCUT2D eigenvalue weighted by molar-refractivity contribution is -0.160. The van der Waals surface area contributed by atoms with Crippen LogP contribution in [0.25, 0.3) is 10.2 Å². The van der Waals surface area contributed by atoms with E-state index in [0.717, 1.165) is 40.9 Å². The van der Waals surface area contributed by atoms with E-state index in [4.69, 9.17) is 14.2 Å². The summed E-state index contributed by atoms with van der Waals surface area (Å²) in [6.45, 7) is 3.56. The second kappa shape index (κ2) is 8.95. The van der Waals surface area contributed by atoms with Crippen LogP contribution < -0.4 is 5.32 Å². The van der Waals surface area contributed by atoms with Crippen molar-refractivity contribution >= 4 is 39.2 Å². The number of para-hydroxylation sites is 1. The third kappa shape index (κ3) is 4.38. The lowest BCUT2D eigenvalue weighted by Crippen LogP contribution is -2.36. The molecule has 0 saturated heterocycles. The van der Waals surface area contributed by atoms with E-state index < -0.39 is 12.0 Å². The highest BCUT2D eigenvalue weighted by Gasteiger charge is 2.37. The molecule has 0 bridgehead atoms. The Balaban J connectivity index is 1.47. The maximum absolute atomic E-state index is 13.1. The van der Waals surface area contributed by atoms with Gasteiger partial charge in [-0.2, -0.15) is 0 Å². The number of ether oxygens (including phenoxy) is 1. The van der Waals surface area contributed by atoms with Gasteiger partial charge in [0.2, 0.25) is 0 Å². The molecule has 1 saturated carbocycles. The maximum atomic E-state index is 13.1. The maximum Gasteiger partial charge on any atom is 0.310 e. The average Bonchev–Trinajstić information content (AvgIpc) is 3.37. The van der Waals surface area contributed by atoms with Crippen LogP contribution in [0, 0.1) is 12.8 Å². The van der Waals surface area contributed by atoms with Crippen molar-refractivity contribution in [3.8, 4) is 0 Å². The van der Waals surface area contributed by atoms with E-state index in [0.29, 0.717) is 18.0 Å². The van der Waals surface area contributed by atoms with Gasteiger partial charge in [-0.15, -0.1) is 11.3 Å². The Morgan fingerprint density at radius 3 is 2.83 bits per heavy atom. The van der Waals surface area contributed by atoms with E-state index in [2.05, 4.69) is 16.5 Å². The van der Waals surface area contributed by atoms with Gasteiger partial charge in [0.25, 0.3) is 5.91 Å². The standard InChI is InChI=1S/C22H25N3O4S/c1-3-17(20(26)24-19-12-13(2)29-25-19)28-22(27)15-9-5-4-8-14(15)21-23-16-10-6-7-11-18(16)30-21/h6-7,10-12,14-15,17H,3-5,8-9H2,1-2H3,(H,24,25,26). The number of carbonyl (C=O) groups is 2. The molecular weight excluding hydrogens is 402 g/mol. The van der Waals surface area contributed by atoms with E-state index in [9.17, 15) is 9.59 Å². The zero-order valence-electron chi connectivity index (χ0n) is 17.1. The Kier molecular flexibility index (Phi) is 6.13. The minimum atomic E-state index is -0.868. The van der Waals surface area contributed by atoms with E-state index in [1.54, 1.807) is 24.3 Å². The number of hydrogen-bond acceptors (Lipinski definition) is 7. The molecule has 2 heterocycles. The molecule has 1 aliphatic carbocycles. The molecule has 30 heavy (non-hydrogen) atoms. The molecular formula is C22H25N3O4S. The monoisotopic (exact) mass is 427 g/mol. The summed E-state index contributed by atoms with van der Waals surface area (Å²) in [6, 6.07) is 9.64. The lowest BCUT2D eigenvalue weighted by Gasteiger charge is -2.29. The van der Waals surface area contributed by atoms with Gasteiger partial charge < -0.3 is 14.6 Å². The third-order valence-electron chi connectivity index (χ3n) is 5.50. The molecule has 1 aliphatic rings. The van der Waals surface area contributed by atoms with Gasteiger partial charge in [0.1, 0.15) is 5.76 Å². The Morgan fingerprint density at radius 2 is 2.10 bits per heavy atom. The smallest absolute Gasteiger partial charge is 0.310 e. The Labute approximate surface area is 178 Å². The van der Waals surface area contributed by atoms with Gasteiger partial charge in [0, 0.05) is 12.0 Å². The number of rotatable bonds is 6. The number of amides is 1. The number of thiazole rings is 1. The largest absolute Gasteiger partial charge is 0.452 e. The molecule has 0 radical (unpaired) electrons. The van der Waals surface area contributed by atoms with E-state index in [1.807, 2.05) is 25.1 Å². The fourth-order valence-corrected chi connectivity index (χ4v) is 5.11. The number of aromatic nitrogens is 2. The number of esters is 1. The van der Waals surface area contributed by atoms with Gasteiger partial charge >= 0.3 is 5.97 Å². The molecule has 4 rings (SSSR count). The third-order valence-corrected chi connectivity index (χ3v) is 6.67. The molecule has 1 aromatic carbocycles. The summed E-state index contributed by atoms with van der Waals surface area (Å²) in [5, 5.41) is 7.39. The van der Waals surface area contributed by atoms with E-state index in [-0.39, 0.29) is 17.8 Å². The number of nitrogens with one attached hydrogen (secondary N) is 1. The van der Waals surface area contributed by atoms with Crippen LogP contribution in [0.3, 0.4) is 0 Å². The van der Waals surface area contributed by atoms with Crippen molar-refractivity contribution in [2.75, 3.05) is 5.32 Å². The van der Waals surface area contributed by atoms with Crippen LogP contribution in [0.4, 0.5) is 5.82 Å². The highest BCUT2D eigenvalue weighted by atomic mass is 32.1. The Hall–Kier alpha value is -2.74. The van der Waals surface area contributed by atoms with Crippen LogP contribution in [0.5, 0.6) is 0 Å². The fraction of sp³-hybridized carbons (Fsp3) is 0.455. The molecule has 1 N–H and O–H groups in total. The summed E-state index contributed by atoms with van der Waals surface area (Å²) < 4.78 is 11.8. The first-order chi connectivity index (χ1) is 14.5. The summed E-state index contributed by atoms with van der Waals surface area (Å²) in [7, 11) is 0. The number of anilines is 1. The van der Waals surface area contributed by atoms with E-state index in [1.165, 1.54) is 0 Å². The van der Waals surface area contributed by atoms with Crippen molar-refractivity contribution in [1.29, 1.82) is 0 Å². The van der Waals surface area contributed by atoms with Crippen molar-refractivity contribution in [3.05, 3.63) is 41.1 Å². The SMILES string of the molecule is CCC(OC(=O)C1CCCCC1c1nc2ccccc2s1)C(=O)Nc1cc(C)on1. The summed E-state index contributed by atoms with van der Waals surface area (Å²) >= 11 is 1.64. The molecule has 0 aliphatic heterocycles. The molecule has 2 aromatic heterocycles.